The molecule has 112 valence electrons. The Kier molecular flexibility index (Phi) is 4.91. The van der Waals surface area contributed by atoms with Crippen molar-refractivity contribution >= 4 is 5.82 Å². The molecule has 2 aromatic heterocycles. The van der Waals surface area contributed by atoms with Gasteiger partial charge in [0.1, 0.15) is 5.82 Å². The van der Waals surface area contributed by atoms with Crippen LogP contribution in [0.2, 0.25) is 0 Å². The van der Waals surface area contributed by atoms with E-state index >= 15 is 0 Å². The lowest BCUT2D eigenvalue weighted by Crippen LogP contribution is -2.35. The lowest BCUT2D eigenvalue weighted by atomic mass is 10.1. The Morgan fingerprint density at radius 2 is 1.81 bits per heavy atom. The van der Waals surface area contributed by atoms with E-state index in [1.807, 2.05) is 36.8 Å². The van der Waals surface area contributed by atoms with Gasteiger partial charge in [0, 0.05) is 49.8 Å². The molecule has 2 rings (SSSR count). The smallest absolute Gasteiger partial charge is 0.133 e. The Morgan fingerprint density at radius 1 is 1.10 bits per heavy atom. The van der Waals surface area contributed by atoms with Crippen LogP contribution in [0.4, 0.5) is 5.82 Å². The van der Waals surface area contributed by atoms with Gasteiger partial charge in [0.05, 0.1) is 0 Å². The molecule has 0 bridgehead atoms. The first kappa shape index (κ1) is 15.4. The van der Waals surface area contributed by atoms with Gasteiger partial charge in [0.15, 0.2) is 0 Å². The Hall–Kier alpha value is -1.94. The van der Waals surface area contributed by atoms with Gasteiger partial charge in [-0.2, -0.15) is 0 Å². The van der Waals surface area contributed by atoms with E-state index in [0.29, 0.717) is 0 Å². The quantitative estimate of drug-likeness (QED) is 0.916. The number of pyridine rings is 2. The number of anilines is 1. The summed E-state index contributed by atoms with van der Waals surface area (Å²) < 4.78 is 0. The minimum Gasteiger partial charge on any atom is -0.355 e. The van der Waals surface area contributed by atoms with Gasteiger partial charge in [-0.15, -0.1) is 0 Å². The van der Waals surface area contributed by atoms with Gasteiger partial charge in [-0.05, 0) is 44.5 Å². The van der Waals surface area contributed by atoms with Gasteiger partial charge in [0.25, 0.3) is 0 Å². The Labute approximate surface area is 127 Å². The van der Waals surface area contributed by atoms with Crippen LogP contribution in [0.15, 0.2) is 42.9 Å². The van der Waals surface area contributed by atoms with Crippen molar-refractivity contribution in [3.05, 3.63) is 54.0 Å². The monoisotopic (exact) mass is 284 g/mol. The highest BCUT2D eigenvalue weighted by molar-refractivity contribution is 5.46. The fourth-order valence-corrected chi connectivity index (χ4v) is 2.11. The van der Waals surface area contributed by atoms with Crippen molar-refractivity contribution in [1.82, 2.24) is 15.3 Å². The van der Waals surface area contributed by atoms with Crippen molar-refractivity contribution in [3.63, 3.8) is 0 Å². The zero-order valence-electron chi connectivity index (χ0n) is 13.3. The van der Waals surface area contributed by atoms with Crippen molar-refractivity contribution in [3.8, 4) is 0 Å². The molecule has 0 spiro atoms. The number of rotatable bonds is 5. The summed E-state index contributed by atoms with van der Waals surface area (Å²) in [4.78, 5) is 10.8. The Bertz CT molecular complexity index is 561. The lowest BCUT2D eigenvalue weighted by Gasteiger charge is -2.24. The van der Waals surface area contributed by atoms with Crippen LogP contribution in [0.1, 0.15) is 31.9 Å². The van der Waals surface area contributed by atoms with Crippen molar-refractivity contribution in [1.29, 1.82) is 0 Å². The molecule has 0 unspecified atom stereocenters. The topological polar surface area (TPSA) is 41.1 Å². The molecule has 0 amide bonds. The first-order valence-electron chi connectivity index (χ1n) is 7.25. The molecule has 0 fully saturated rings. The fourth-order valence-electron chi connectivity index (χ4n) is 2.11. The molecule has 2 aromatic rings. The van der Waals surface area contributed by atoms with Crippen molar-refractivity contribution in [2.24, 2.45) is 0 Å². The summed E-state index contributed by atoms with van der Waals surface area (Å²) in [6.45, 7) is 8.15. The van der Waals surface area contributed by atoms with Gasteiger partial charge in [-0.25, -0.2) is 4.98 Å². The third-order valence-corrected chi connectivity index (χ3v) is 3.21. The van der Waals surface area contributed by atoms with Crippen LogP contribution in [-0.4, -0.2) is 22.6 Å². The molecule has 21 heavy (non-hydrogen) atoms. The standard InChI is InChI=1S/C17H24N4/c1-17(2,3)20-12-15-6-5-9-19-16(15)21(4)13-14-7-10-18-11-8-14/h5-11,20H,12-13H2,1-4H3. The van der Waals surface area contributed by atoms with E-state index in [4.69, 9.17) is 0 Å². The summed E-state index contributed by atoms with van der Waals surface area (Å²) in [5, 5.41) is 3.52. The van der Waals surface area contributed by atoms with E-state index in [1.165, 1.54) is 11.1 Å². The van der Waals surface area contributed by atoms with Gasteiger partial charge in [0.2, 0.25) is 0 Å². The van der Waals surface area contributed by atoms with E-state index in [-0.39, 0.29) is 5.54 Å². The summed E-state index contributed by atoms with van der Waals surface area (Å²) in [6.07, 6.45) is 5.49. The van der Waals surface area contributed by atoms with Gasteiger partial charge in [-0.1, -0.05) is 6.07 Å². The third-order valence-electron chi connectivity index (χ3n) is 3.21. The molecule has 0 saturated heterocycles. The predicted octanol–water partition coefficient (Wildman–Crippen LogP) is 3.00. The molecule has 0 radical (unpaired) electrons. The number of aromatic nitrogens is 2. The maximum absolute atomic E-state index is 4.55. The van der Waals surface area contributed by atoms with E-state index in [2.05, 4.69) is 54.1 Å². The molecule has 4 nitrogen and oxygen atoms in total. The fraction of sp³-hybridized carbons (Fsp3) is 0.412. The largest absolute Gasteiger partial charge is 0.355 e. The molecular formula is C17H24N4. The highest BCUT2D eigenvalue weighted by Gasteiger charge is 2.13. The Morgan fingerprint density at radius 3 is 2.48 bits per heavy atom. The minimum absolute atomic E-state index is 0.0940. The molecule has 0 atom stereocenters. The molecule has 0 aliphatic heterocycles. The average Bonchev–Trinajstić information content (AvgIpc) is 2.46. The zero-order chi connectivity index (χ0) is 15.3. The van der Waals surface area contributed by atoms with Crippen LogP contribution in [0.5, 0.6) is 0 Å². The molecule has 0 saturated carbocycles. The summed E-state index contributed by atoms with van der Waals surface area (Å²) in [7, 11) is 2.07. The SMILES string of the molecule is CN(Cc1ccncc1)c1ncccc1CNC(C)(C)C. The molecule has 4 heteroatoms. The second kappa shape index (κ2) is 6.68. The number of nitrogens with one attached hydrogen (secondary N) is 1. The summed E-state index contributed by atoms with van der Waals surface area (Å²) in [6, 6.07) is 8.19. The second-order valence-electron chi connectivity index (χ2n) is 6.30. The zero-order valence-corrected chi connectivity index (χ0v) is 13.3. The van der Waals surface area contributed by atoms with Crippen molar-refractivity contribution in [2.75, 3.05) is 11.9 Å². The number of nitrogens with zero attached hydrogens (tertiary/aromatic N) is 3. The Balaban J connectivity index is 2.11. The average molecular weight is 284 g/mol. The minimum atomic E-state index is 0.0940. The highest BCUT2D eigenvalue weighted by atomic mass is 15.2. The molecule has 0 aliphatic carbocycles. The van der Waals surface area contributed by atoms with Crippen molar-refractivity contribution in [2.45, 2.75) is 39.4 Å². The maximum Gasteiger partial charge on any atom is 0.133 e. The van der Waals surface area contributed by atoms with Crippen LogP contribution in [0.3, 0.4) is 0 Å². The maximum atomic E-state index is 4.55. The molecule has 0 aromatic carbocycles. The molecule has 0 aliphatic rings. The van der Waals surface area contributed by atoms with Crippen LogP contribution in [0, 0.1) is 0 Å². The van der Waals surface area contributed by atoms with Crippen LogP contribution in [0.25, 0.3) is 0 Å². The van der Waals surface area contributed by atoms with Gasteiger partial charge < -0.3 is 10.2 Å². The number of hydrogen-bond acceptors (Lipinski definition) is 4. The van der Waals surface area contributed by atoms with Crippen molar-refractivity contribution < 1.29 is 0 Å². The summed E-state index contributed by atoms with van der Waals surface area (Å²) >= 11 is 0. The molecular weight excluding hydrogens is 260 g/mol. The molecule has 2 heterocycles. The van der Waals surface area contributed by atoms with E-state index in [1.54, 1.807) is 0 Å². The highest BCUT2D eigenvalue weighted by Crippen LogP contribution is 2.18. The predicted molar refractivity (Wildman–Crippen MR) is 87.2 cm³/mol. The number of hydrogen-bond donors (Lipinski definition) is 1. The third kappa shape index (κ3) is 4.83. The molecule has 1 N–H and O–H groups in total. The van der Waals surface area contributed by atoms with Gasteiger partial charge >= 0.3 is 0 Å². The van der Waals surface area contributed by atoms with E-state index in [9.17, 15) is 0 Å². The van der Waals surface area contributed by atoms with E-state index < -0.39 is 0 Å². The second-order valence-corrected chi connectivity index (χ2v) is 6.30. The summed E-state index contributed by atoms with van der Waals surface area (Å²) in [5.41, 5.74) is 2.54. The first-order valence-corrected chi connectivity index (χ1v) is 7.25. The van der Waals surface area contributed by atoms with Crippen LogP contribution < -0.4 is 10.2 Å². The van der Waals surface area contributed by atoms with E-state index in [0.717, 1.165) is 18.9 Å². The van der Waals surface area contributed by atoms with Gasteiger partial charge in [-0.3, -0.25) is 4.98 Å². The normalized spacial score (nSPS) is 11.4. The lowest BCUT2D eigenvalue weighted by molar-refractivity contribution is 0.424. The first-order chi connectivity index (χ1) is 9.96. The van der Waals surface area contributed by atoms with Crippen LogP contribution in [-0.2, 0) is 13.1 Å². The summed E-state index contributed by atoms with van der Waals surface area (Å²) in [5.74, 6) is 1.02. The van der Waals surface area contributed by atoms with Crippen LogP contribution >= 0.6 is 0 Å².